The lowest BCUT2D eigenvalue weighted by molar-refractivity contribution is 0.867. The SMILES string of the molecule is CCP(CC)c1cc(C(C)C)ccc1C. The van der Waals surface area contributed by atoms with Crippen LogP contribution in [0.5, 0.6) is 0 Å². The summed E-state index contributed by atoms with van der Waals surface area (Å²) in [6.45, 7) is 11.4. The van der Waals surface area contributed by atoms with E-state index < -0.39 is 0 Å². The van der Waals surface area contributed by atoms with E-state index in [0.29, 0.717) is 5.92 Å². The van der Waals surface area contributed by atoms with Crippen molar-refractivity contribution in [3.63, 3.8) is 0 Å². The first kappa shape index (κ1) is 12.7. The summed E-state index contributed by atoms with van der Waals surface area (Å²) >= 11 is 0. The quantitative estimate of drug-likeness (QED) is 0.667. The van der Waals surface area contributed by atoms with E-state index in [4.69, 9.17) is 0 Å². The van der Waals surface area contributed by atoms with Crippen LogP contribution in [0.3, 0.4) is 0 Å². The van der Waals surface area contributed by atoms with Crippen molar-refractivity contribution < 1.29 is 0 Å². The van der Waals surface area contributed by atoms with Crippen LogP contribution in [-0.4, -0.2) is 12.3 Å². The molecule has 1 heteroatoms. The molecule has 0 saturated heterocycles. The average Bonchev–Trinajstić information content (AvgIpc) is 2.22. The molecule has 0 heterocycles. The number of rotatable bonds is 4. The number of hydrogen-bond donors (Lipinski definition) is 0. The van der Waals surface area contributed by atoms with Gasteiger partial charge in [0.1, 0.15) is 0 Å². The molecule has 0 bridgehead atoms. The first-order chi connectivity index (χ1) is 7.10. The molecule has 0 atom stereocenters. The number of benzene rings is 1. The summed E-state index contributed by atoms with van der Waals surface area (Å²) in [5.41, 5.74) is 2.97. The molecule has 0 unspecified atom stereocenters. The second-order valence-corrected chi connectivity index (χ2v) is 7.20. The van der Waals surface area contributed by atoms with Crippen LogP contribution in [0.15, 0.2) is 18.2 Å². The zero-order valence-electron chi connectivity index (χ0n) is 10.7. The van der Waals surface area contributed by atoms with Crippen molar-refractivity contribution in [3.8, 4) is 0 Å². The molecule has 0 fully saturated rings. The minimum absolute atomic E-state index is 0.0869. The Bertz CT molecular complexity index is 311. The van der Waals surface area contributed by atoms with Crippen LogP contribution in [0, 0.1) is 6.92 Å². The van der Waals surface area contributed by atoms with Gasteiger partial charge in [0.2, 0.25) is 0 Å². The predicted molar refractivity (Wildman–Crippen MR) is 72.9 cm³/mol. The molecule has 84 valence electrons. The third kappa shape index (κ3) is 3.05. The molecular formula is C14H23P. The molecule has 0 aliphatic rings. The summed E-state index contributed by atoms with van der Waals surface area (Å²) in [5.74, 6) is 0.648. The van der Waals surface area contributed by atoms with Gasteiger partial charge in [0.25, 0.3) is 0 Å². The Labute approximate surface area is 95.9 Å². The van der Waals surface area contributed by atoms with E-state index in [0.717, 1.165) is 0 Å². The van der Waals surface area contributed by atoms with Crippen molar-refractivity contribution in [2.24, 2.45) is 0 Å². The summed E-state index contributed by atoms with van der Waals surface area (Å²) in [6.07, 6.45) is 2.63. The maximum Gasteiger partial charge on any atom is -0.0209 e. The van der Waals surface area contributed by atoms with Gasteiger partial charge in [-0.2, -0.15) is 0 Å². The Kier molecular flexibility index (Phi) is 4.80. The highest BCUT2D eigenvalue weighted by Gasteiger charge is 2.10. The Morgan fingerprint density at radius 3 is 2.20 bits per heavy atom. The van der Waals surface area contributed by atoms with Gasteiger partial charge in [-0.3, -0.25) is 0 Å². The van der Waals surface area contributed by atoms with Crippen molar-refractivity contribution in [3.05, 3.63) is 29.3 Å². The molecule has 0 radical (unpaired) electrons. The second kappa shape index (κ2) is 5.66. The first-order valence-electron chi connectivity index (χ1n) is 5.95. The van der Waals surface area contributed by atoms with Gasteiger partial charge >= 0.3 is 0 Å². The molecule has 0 aliphatic carbocycles. The molecule has 0 nitrogen and oxygen atoms in total. The third-order valence-electron chi connectivity index (χ3n) is 3.00. The molecule has 0 N–H and O–H groups in total. The monoisotopic (exact) mass is 222 g/mol. The van der Waals surface area contributed by atoms with E-state index in [1.165, 1.54) is 23.5 Å². The smallest absolute Gasteiger partial charge is 0.0209 e. The molecule has 15 heavy (non-hydrogen) atoms. The summed E-state index contributed by atoms with van der Waals surface area (Å²) in [5, 5.41) is 1.63. The standard InChI is InChI=1S/C14H23P/c1-6-15(7-2)14-10-13(11(3)4)9-8-12(14)5/h8-11H,6-7H2,1-5H3. The highest BCUT2D eigenvalue weighted by molar-refractivity contribution is 7.65. The van der Waals surface area contributed by atoms with Crippen molar-refractivity contribution >= 4 is 13.2 Å². The van der Waals surface area contributed by atoms with Crippen LogP contribution in [0.25, 0.3) is 0 Å². The summed E-state index contributed by atoms with van der Waals surface area (Å²) in [6, 6.07) is 7.02. The molecular weight excluding hydrogens is 199 g/mol. The largest absolute Gasteiger partial charge is 0.0756 e. The minimum Gasteiger partial charge on any atom is -0.0756 e. The predicted octanol–water partition coefficient (Wildman–Crippen LogP) is 4.27. The van der Waals surface area contributed by atoms with Gasteiger partial charge in [0, 0.05) is 0 Å². The molecule has 0 aliphatic heterocycles. The zero-order chi connectivity index (χ0) is 11.4. The highest BCUT2D eigenvalue weighted by atomic mass is 31.1. The van der Waals surface area contributed by atoms with Crippen LogP contribution in [0.4, 0.5) is 0 Å². The van der Waals surface area contributed by atoms with Crippen LogP contribution in [0.2, 0.25) is 0 Å². The number of hydrogen-bond acceptors (Lipinski definition) is 0. The third-order valence-corrected chi connectivity index (χ3v) is 5.69. The zero-order valence-corrected chi connectivity index (χ0v) is 11.6. The normalized spacial score (nSPS) is 11.4. The Morgan fingerprint density at radius 1 is 1.13 bits per heavy atom. The van der Waals surface area contributed by atoms with Crippen molar-refractivity contribution in [2.45, 2.75) is 40.5 Å². The lowest BCUT2D eigenvalue weighted by Crippen LogP contribution is -2.10. The van der Waals surface area contributed by atoms with Gasteiger partial charge in [0.05, 0.1) is 0 Å². The fraction of sp³-hybridized carbons (Fsp3) is 0.571. The van der Waals surface area contributed by atoms with Crippen molar-refractivity contribution in [1.29, 1.82) is 0 Å². The highest BCUT2D eigenvalue weighted by Crippen LogP contribution is 2.35. The molecule has 0 amide bonds. The van der Waals surface area contributed by atoms with E-state index >= 15 is 0 Å². The van der Waals surface area contributed by atoms with E-state index in [-0.39, 0.29) is 7.92 Å². The van der Waals surface area contributed by atoms with E-state index in [9.17, 15) is 0 Å². The van der Waals surface area contributed by atoms with Gasteiger partial charge < -0.3 is 0 Å². The summed E-state index contributed by atoms with van der Waals surface area (Å²) in [4.78, 5) is 0. The average molecular weight is 222 g/mol. The Hall–Kier alpha value is -0.350. The minimum atomic E-state index is 0.0869. The summed E-state index contributed by atoms with van der Waals surface area (Å²) in [7, 11) is 0.0869. The van der Waals surface area contributed by atoms with E-state index in [2.05, 4.69) is 52.8 Å². The second-order valence-electron chi connectivity index (χ2n) is 4.37. The van der Waals surface area contributed by atoms with Gasteiger partial charge in [-0.15, -0.1) is 0 Å². The van der Waals surface area contributed by atoms with E-state index in [1.54, 1.807) is 5.30 Å². The number of aryl methyl sites for hydroxylation is 1. The lowest BCUT2D eigenvalue weighted by atomic mass is 10.0. The molecule has 1 aromatic rings. The maximum absolute atomic E-state index is 2.44. The van der Waals surface area contributed by atoms with Crippen molar-refractivity contribution in [1.82, 2.24) is 0 Å². The Balaban J connectivity index is 3.09. The van der Waals surface area contributed by atoms with E-state index in [1.807, 2.05) is 0 Å². The van der Waals surface area contributed by atoms with Crippen LogP contribution in [0.1, 0.15) is 44.7 Å². The molecule has 1 rings (SSSR count). The molecule has 1 aromatic carbocycles. The van der Waals surface area contributed by atoms with Crippen LogP contribution >= 0.6 is 7.92 Å². The van der Waals surface area contributed by atoms with Crippen molar-refractivity contribution in [2.75, 3.05) is 12.3 Å². The topological polar surface area (TPSA) is 0 Å². The molecule has 0 aromatic heterocycles. The summed E-state index contributed by atoms with van der Waals surface area (Å²) < 4.78 is 0. The Morgan fingerprint density at radius 2 is 1.73 bits per heavy atom. The van der Waals surface area contributed by atoms with Crippen LogP contribution in [-0.2, 0) is 0 Å². The van der Waals surface area contributed by atoms with Crippen LogP contribution < -0.4 is 5.30 Å². The maximum atomic E-state index is 2.44. The molecule has 0 saturated carbocycles. The lowest BCUT2D eigenvalue weighted by Gasteiger charge is -2.18. The fourth-order valence-electron chi connectivity index (χ4n) is 1.89. The van der Waals surface area contributed by atoms with Gasteiger partial charge in [-0.05, 0) is 41.6 Å². The molecule has 0 spiro atoms. The van der Waals surface area contributed by atoms with Gasteiger partial charge in [-0.25, -0.2) is 0 Å². The fourth-order valence-corrected chi connectivity index (χ4v) is 3.92. The first-order valence-corrected chi connectivity index (χ1v) is 7.66. The van der Waals surface area contributed by atoms with Gasteiger partial charge in [0.15, 0.2) is 0 Å². The van der Waals surface area contributed by atoms with Gasteiger partial charge in [-0.1, -0.05) is 53.8 Å².